The molecule has 8 unspecified atom stereocenters. The fourth-order valence-corrected chi connectivity index (χ4v) is 10.2. The number of hydrogen-bond donors (Lipinski definition) is 7. The average molecular weight is 563 g/mol. The molecule has 0 bridgehead atoms. The highest BCUT2D eigenvalue weighted by molar-refractivity contribution is 5.79. The number of fused-ring (bicyclic) bond motifs is 5. The van der Waals surface area contributed by atoms with Crippen LogP contribution in [0.1, 0.15) is 78.6 Å². The highest BCUT2D eigenvalue weighted by Gasteiger charge is 2.66. The molecule has 4 fully saturated rings. The molecule has 4 aliphatic rings. The number of carbonyl (C=O) groups is 3. The van der Waals surface area contributed by atoms with Gasteiger partial charge < -0.3 is 38.3 Å². The van der Waals surface area contributed by atoms with E-state index in [0.717, 1.165) is 57.8 Å². The van der Waals surface area contributed by atoms with Crippen molar-refractivity contribution in [1.29, 1.82) is 0 Å². The highest BCUT2D eigenvalue weighted by atomic mass is 16.3. The van der Waals surface area contributed by atoms with E-state index in [2.05, 4.69) is 36.7 Å². The first kappa shape index (κ1) is 31.2. The van der Waals surface area contributed by atoms with Gasteiger partial charge in [0.2, 0.25) is 17.7 Å². The Balaban J connectivity index is 1.72. The van der Waals surface area contributed by atoms with Crippen molar-refractivity contribution >= 4 is 17.7 Å². The minimum atomic E-state index is -0.137. The van der Waals surface area contributed by atoms with Crippen LogP contribution in [0.4, 0.5) is 0 Å². The van der Waals surface area contributed by atoms with Gasteiger partial charge in [-0.1, -0.05) is 20.8 Å². The van der Waals surface area contributed by atoms with Crippen molar-refractivity contribution in [2.75, 3.05) is 26.2 Å². The standard InChI is InChI=1S/C30H54N6O4/c1-17(5-4-10-37)20-6-7-21-28-22(13-24(30(20,21)3)36-27(40)16-33)29(2)9-8-19(34-25(38)14-31)11-18(29)12-23(28)35-26(39)15-32/h17-24,28,37H,4-16,31-33H2,1-3H3,(H,34,38)(H,35,39)(H,36,40)/t17-,18?,19?,20?,21?,22+,23-,24?,28?,29?,30?/m1/s1. The maximum absolute atomic E-state index is 12.8. The third kappa shape index (κ3) is 5.65. The smallest absolute Gasteiger partial charge is 0.233 e. The van der Waals surface area contributed by atoms with Crippen LogP contribution in [-0.2, 0) is 14.4 Å². The van der Waals surface area contributed by atoms with Crippen molar-refractivity contribution < 1.29 is 19.5 Å². The molecule has 0 spiro atoms. The quantitative estimate of drug-likeness (QED) is 0.203. The Morgan fingerprint density at radius 3 is 2.17 bits per heavy atom. The maximum Gasteiger partial charge on any atom is 0.233 e. The van der Waals surface area contributed by atoms with Gasteiger partial charge in [-0.05, 0) is 104 Å². The van der Waals surface area contributed by atoms with Crippen molar-refractivity contribution in [1.82, 2.24) is 16.0 Å². The van der Waals surface area contributed by atoms with Gasteiger partial charge in [-0.3, -0.25) is 14.4 Å². The Labute approximate surface area is 239 Å². The van der Waals surface area contributed by atoms with Crippen LogP contribution in [0.3, 0.4) is 0 Å². The molecule has 10 heteroatoms. The third-order valence-corrected chi connectivity index (χ3v) is 12.0. The first-order valence-electron chi connectivity index (χ1n) is 15.6. The normalized spacial score (nSPS) is 41.2. The topological polar surface area (TPSA) is 186 Å². The van der Waals surface area contributed by atoms with Gasteiger partial charge >= 0.3 is 0 Å². The van der Waals surface area contributed by atoms with Crippen LogP contribution in [0, 0.1) is 46.3 Å². The molecule has 3 amide bonds. The predicted molar refractivity (Wildman–Crippen MR) is 154 cm³/mol. The fourth-order valence-electron chi connectivity index (χ4n) is 10.2. The van der Waals surface area contributed by atoms with Crippen LogP contribution in [0.25, 0.3) is 0 Å². The molecule has 0 aromatic rings. The molecule has 10 N–H and O–H groups in total. The van der Waals surface area contributed by atoms with Gasteiger partial charge in [-0.25, -0.2) is 0 Å². The summed E-state index contributed by atoms with van der Waals surface area (Å²) in [5.41, 5.74) is 17.1. The van der Waals surface area contributed by atoms with E-state index in [-0.39, 0.29) is 78.8 Å². The van der Waals surface area contributed by atoms with E-state index in [1.165, 1.54) is 0 Å². The van der Waals surface area contributed by atoms with E-state index in [9.17, 15) is 19.5 Å². The monoisotopic (exact) mass is 562 g/mol. The Morgan fingerprint density at radius 1 is 0.875 bits per heavy atom. The Kier molecular flexibility index (Phi) is 9.85. The molecule has 0 heterocycles. The molecule has 4 saturated carbocycles. The van der Waals surface area contributed by atoms with E-state index < -0.39 is 0 Å². The van der Waals surface area contributed by atoms with Crippen molar-refractivity contribution in [3.05, 3.63) is 0 Å². The third-order valence-electron chi connectivity index (χ3n) is 12.0. The number of hydrogen-bond acceptors (Lipinski definition) is 7. The fraction of sp³-hybridized carbons (Fsp3) is 0.900. The van der Waals surface area contributed by atoms with Gasteiger partial charge in [0.25, 0.3) is 0 Å². The van der Waals surface area contributed by atoms with Crippen LogP contribution in [0.5, 0.6) is 0 Å². The molecule has 4 rings (SSSR count). The zero-order valence-corrected chi connectivity index (χ0v) is 24.8. The van der Waals surface area contributed by atoms with Gasteiger partial charge in [-0.2, -0.15) is 0 Å². The van der Waals surface area contributed by atoms with Crippen LogP contribution in [0.2, 0.25) is 0 Å². The molecule has 4 aliphatic carbocycles. The summed E-state index contributed by atoms with van der Waals surface area (Å²) >= 11 is 0. The summed E-state index contributed by atoms with van der Waals surface area (Å²) in [5, 5.41) is 19.4. The van der Waals surface area contributed by atoms with Crippen molar-refractivity contribution in [3.8, 4) is 0 Å². The second-order valence-electron chi connectivity index (χ2n) is 13.8. The molecular formula is C30H54N6O4. The summed E-state index contributed by atoms with van der Waals surface area (Å²) in [6.07, 6.45) is 8.36. The Bertz CT molecular complexity index is 934. The lowest BCUT2D eigenvalue weighted by Gasteiger charge is -2.65. The molecule has 0 saturated heterocycles. The molecule has 11 atom stereocenters. The second kappa shape index (κ2) is 12.6. The zero-order valence-electron chi connectivity index (χ0n) is 24.8. The van der Waals surface area contributed by atoms with Crippen molar-refractivity contribution in [2.24, 2.45) is 63.5 Å². The minimum absolute atomic E-state index is 0.00465. The second-order valence-corrected chi connectivity index (χ2v) is 13.8. The summed E-state index contributed by atoms with van der Waals surface area (Å²) in [6.45, 7) is 7.19. The number of nitrogens with two attached hydrogens (primary N) is 3. The summed E-state index contributed by atoms with van der Waals surface area (Å²) in [7, 11) is 0. The minimum Gasteiger partial charge on any atom is -0.396 e. The lowest BCUT2D eigenvalue weighted by Crippen LogP contribution is -2.68. The van der Waals surface area contributed by atoms with E-state index in [1.54, 1.807) is 0 Å². The first-order chi connectivity index (χ1) is 19.0. The number of aliphatic hydroxyl groups is 1. The van der Waals surface area contributed by atoms with Crippen molar-refractivity contribution in [3.63, 3.8) is 0 Å². The Morgan fingerprint density at radius 2 is 1.52 bits per heavy atom. The van der Waals surface area contributed by atoms with Crippen LogP contribution in [-0.4, -0.2) is 67.2 Å². The molecule has 10 nitrogen and oxygen atoms in total. The molecule has 228 valence electrons. The van der Waals surface area contributed by atoms with Gasteiger partial charge in [0.15, 0.2) is 0 Å². The van der Waals surface area contributed by atoms with Crippen molar-refractivity contribution in [2.45, 2.75) is 96.7 Å². The van der Waals surface area contributed by atoms with E-state index in [4.69, 9.17) is 17.2 Å². The molecule has 0 aliphatic heterocycles. The lowest BCUT2D eigenvalue weighted by atomic mass is 9.42. The number of amides is 3. The lowest BCUT2D eigenvalue weighted by molar-refractivity contribution is -0.153. The summed E-state index contributed by atoms with van der Waals surface area (Å²) in [6, 6.07) is 0.0846. The van der Waals surface area contributed by atoms with E-state index in [0.29, 0.717) is 29.6 Å². The van der Waals surface area contributed by atoms with Crippen LogP contribution < -0.4 is 33.2 Å². The van der Waals surface area contributed by atoms with E-state index in [1.807, 2.05) is 0 Å². The molecule has 0 aromatic carbocycles. The summed E-state index contributed by atoms with van der Waals surface area (Å²) in [5.74, 6) is 1.73. The average Bonchev–Trinajstić information content (AvgIpc) is 3.30. The number of carbonyl (C=O) groups excluding carboxylic acids is 3. The highest BCUT2D eigenvalue weighted by Crippen LogP contribution is 2.68. The predicted octanol–water partition coefficient (Wildman–Crippen LogP) is 0.604. The molecular weight excluding hydrogens is 508 g/mol. The zero-order chi connectivity index (χ0) is 29.2. The SMILES string of the molecule is C[C@H](CCCO)C1CCC2C3[C@H](NC(=O)CN)CC4CC(NC(=O)CN)CCC4(C)[C@H]3CC(NC(=O)CN)C21C. The first-order valence-corrected chi connectivity index (χ1v) is 15.6. The molecule has 40 heavy (non-hydrogen) atoms. The van der Waals surface area contributed by atoms with E-state index >= 15 is 0 Å². The van der Waals surface area contributed by atoms with Gasteiger partial charge in [0.1, 0.15) is 0 Å². The number of aliphatic hydroxyl groups excluding tert-OH is 1. The largest absolute Gasteiger partial charge is 0.396 e. The van der Waals surface area contributed by atoms with Gasteiger partial charge in [-0.15, -0.1) is 0 Å². The van der Waals surface area contributed by atoms with Gasteiger partial charge in [0, 0.05) is 24.7 Å². The summed E-state index contributed by atoms with van der Waals surface area (Å²) < 4.78 is 0. The van der Waals surface area contributed by atoms with Crippen LogP contribution >= 0.6 is 0 Å². The van der Waals surface area contributed by atoms with Gasteiger partial charge in [0.05, 0.1) is 19.6 Å². The molecule has 0 aromatic heterocycles. The maximum atomic E-state index is 12.8. The van der Waals surface area contributed by atoms with Crippen LogP contribution in [0.15, 0.2) is 0 Å². The Hall–Kier alpha value is -1.75. The number of rotatable bonds is 10. The summed E-state index contributed by atoms with van der Waals surface area (Å²) in [4.78, 5) is 37.7. The number of nitrogens with one attached hydrogen (secondary N) is 3. The molecule has 0 radical (unpaired) electrons.